The van der Waals surface area contributed by atoms with Gasteiger partial charge in [-0.05, 0) is 0 Å². The molecule has 7 heteroatoms. The molecule has 1 aromatic heterocycles. The van der Waals surface area contributed by atoms with E-state index < -0.39 is 0 Å². The van der Waals surface area contributed by atoms with Crippen molar-refractivity contribution in [1.82, 2.24) is 15.0 Å². The molecule has 4 atom stereocenters. The molecule has 0 radical (unpaired) electrons. The summed E-state index contributed by atoms with van der Waals surface area (Å²) in [4.78, 5) is 1.33. The Kier molecular flexibility index (Phi) is 4.80. The van der Waals surface area contributed by atoms with Crippen LogP contribution in [0, 0.1) is 0 Å². The summed E-state index contributed by atoms with van der Waals surface area (Å²) in [5.74, 6) is 0. The summed E-state index contributed by atoms with van der Waals surface area (Å²) in [6, 6.07) is 11.0. The number of rotatable bonds is 6. The standard InChI is InChI=1S/C18H25N5O2/c1-22(2)9-14-10-23(21-20-14)16-12-25-17-15(11-24-18(16)17)19-8-13-6-4-3-5-7-13/h3-7,10,15-19H,8-9,11-12H2,1-2H3/p+2/t15-,16-,17+,18+/m0/s1. The normalized spacial score (nSPS) is 28.6. The van der Waals surface area contributed by atoms with Crippen LogP contribution in [0.2, 0.25) is 0 Å². The molecule has 0 bridgehead atoms. The lowest BCUT2D eigenvalue weighted by Crippen LogP contribution is -3.04. The highest BCUT2D eigenvalue weighted by molar-refractivity contribution is 5.13. The molecule has 2 aliphatic heterocycles. The van der Waals surface area contributed by atoms with Crippen LogP contribution < -0.4 is 10.2 Å². The van der Waals surface area contributed by atoms with Crippen LogP contribution in [-0.4, -0.2) is 60.6 Å². The molecule has 134 valence electrons. The van der Waals surface area contributed by atoms with E-state index in [-0.39, 0.29) is 18.2 Å². The minimum absolute atomic E-state index is 0.0678. The molecule has 0 saturated carbocycles. The maximum Gasteiger partial charge on any atom is 0.140 e. The number of quaternary nitrogens is 2. The van der Waals surface area contributed by atoms with Gasteiger partial charge in [0.05, 0.1) is 26.9 Å². The number of benzene rings is 1. The molecule has 25 heavy (non-hydrogen) atoms. The van der Waals surface area contributed by atoms with Crippen LogP contribution in [0.1, 0.15) is 17.3 Å². The number of nitrogens with zero attached hydrogens (tertiary/aromatic N) is 3. The zero-order chi connectivity index (χ0) is 17.2. The summed E-state index contributed by atoms with van der Waals surface area (Å²) in [6.45, 7) is 3.19. The minimum Gasteiger partial charge on any atom is -0.367 e. The number of hydrogen-bond acceptors (Lipinski definition) is 4. The molecule has 2 aliphatic rings. The Morgan fingerprint density at radius 1 is 1.16 bits per heavy atom. The fourth-order valence-corrected chi connectivity index (χ4v) is 3.76. The van der Waals surface area contributed by atoms with E-state index in [1.54, 1.807) is 0 Å². The number of ether oxygens (including phenoxy) is 2. The molecule has 0 amide bonds. The zero-order valence-electron chi connectivity index (χ0n) is 14.8. The lowest BCUT2D eigenvalue weighted by Gasteiger charge is -2.15. The van der Waals surface area contributed by atoms with E-state index in [1.807, 2.05) is 16.9 Å². The number of nitrogens with one attached hydrogen (secondary N) is 1. The lowest BCUT2D eigenvalue weighted by molar-refractivity contribution is -0.873. The zero-order valence-corrected chi connectivity index (χ0v) is 14.8. The van der Waals surface area contributed by atoms with Crippen molar-refractivity contribution in [3.63, 3.8) is 0 Å². The number of aromatic nitrogens is 3. The van der Waals surface area contributed by atoms with Crippen LogP contribution in [0.15, 0.2) is 36.5 Å². The molecule has 0 unspecified atom stereocenters. The lowest BCUT2D eigenvalue weighted by atomic mass is 10.1. The maximum atomic E-state index is 6.09. The van der Waals surface area contributed by atoms with E-state index in [0.717, 1.165) is 25.4 Å². The Morgan fingerprint density at radius 2 is 1.96 bits per heavy atom. The molecule has 2 fully saturated rings. The molecule has 1 aromatic carbocycles. The minimum atomic E-state index is 0.0678. The molecule has 2 aromatic rings. The summed E-state index contributed by atoms with van der Waals surface area (Å²) in [7, 11) is 4.22. The Hall–Kier alpha value is -1.80. The molecule has 7 nitrogen and oxygen atoms in total. The second-order valence-electron chi connectivity index (χ2n) is 7.33. The second-order valence-corrected chi connectivity index (χ2v) is 7.33. The van der Waals surface area contributed by atoms with Crippen molar-refractivity contribution in [2.75, 3.05) is 27.3 Å². The highest BCUT2D eigenvalue weighted by Gasteiger charge is 2.50. The predicted molar refractivity (Wildman–Crippen MR) is 90.9 cm³/mol. The average Bonchev–Trinajstić information content (AvgIpc) is 3.30. The average molecular weight is 345 g/mol. The Balaban J connectivity index is 1.37. The molecular weight excluding hydrogens is 318 g/mol. The summed E-state index contributed by atoms with van der Waals surface area (Å²) < 4.78 is 14.1. The van der Waals surface area contributed by atoms with Gasteiger partial charge in [-0.3, -0.25) is 0 Å². The largest absolute Gasteiger partial charge is 0.367 e. The van der Waals surface area contributed by atoms with E-state index in [0.29, 0.717) is 12.6 Å². The maximum absolute atomic E-state index is 6.09. The fourth-order valence-electron chi connectivity index (χ4n) is 3.76. The highest BCUT2D eigenvalue weighted by atomic mass is 16.6. The predicted octanol–water partition coefficient (Wildman–Crippen LogP) is -1.61. The van der Waals surface area contributed by atoms with Crippen LogP contribution in [0.5, 0.6) is 0 Å². The first-order chi connectivity index (χ1) is 12.2. The summed E-state index contributed by atoms with van der Waals surface area (Å²) in [6.07, 6.45) is 2.23. The summed E-state index contributed by atoms with van der Waals surface area (Å²) >= 11 is 0. The summed E-state index contributed by atoms with van der Waals surface area (Å²) in [5, 5.41) is 10.9. The first-order valence-electron chi connectivity index (χ1n) is 9.01. The van der Waals surface area contributed by atoms with Gasteiger partial charge >= 0.3 is 0 Å². The van der Waals surface area contributed by atoms with Crippen LogP contribution >= 0.6 is 0 Å². The molecular formula is C18H27N5O2+2. The van der Waals surface area contributed by atoms with Crippen molar-refractivity contribution in [1.29, 1.82) is 0 Å². The van der Waals surface area contributed by atoms with Gasteiger partial charge in [0, 0.05) is 5.56 Å². The third kappa shape index (κ3) is 3.59. The molecule has 4 rings (SSSR count). The van der Waals surface area contributed by atoms with Gasteiger partial charge in [-0.2, -0.15) is 0 Å². The Morgan fingerprint density at radius 3 is 2.76 bits per heavy atom. The first kappa shape index (κ1) is 16.7. The number of hydrogen-bond donors (Lipinski definition) is 2. The van der Waals surface area contributed by atoms with Crippen molar-refractivity contribution >= 4 is 0 Å². The summed E-state index contributed by atoms with van der Waals surface area (Å²) in [5.41, 5.74) is 2.33. The van der Waals surface area contributed by atoms with Gasteiger partial charge in [-0.25, -0.2) is 4.68 Å². The van der Waals surface area contributed by atoms with Crippen LogP contribution in [0.4, 0.5) is 0 Å². The molecule has 2 saturated heterocycles. The SMILES string of the molecule is C[NH+](C)Cc1cn([C@H]2CO[C@H]3[C@@H]2OC[C@@H]3[NH2+]Cc2ccccc2)nn1. The van der Waals surface area contributed by atoms with E-state index >= 15 is 0 Å². The second kappa shape index (κ2) is 7.21. The van der Waals surface area contributed by atoms with E-state index in [9.17, 15) is 0 Å². The Labute approximate surface area is 147 Å². The van der Waals surface area contributed by atoms with Gasteiger partial charge in [0.1, 0.15) is 49.7 Å². The first-order valence-corrected chi connectivity index (χ1v) is 9.01. The quantitative estimate of drug-likeness (QED) is 0.661. The van der Waals surface area contributed by atoms with E-state index in [1.165, 1.54) is 10.5 Å². The third-order valence-electron chi connectivity index (χ3n) is 5.00. The van der Waals surface area contributed by atoms with Crippen molar-refractivity contribution in [3.8, 4) is 0 Å². The van der Waals surface area contributed by atoms with Crippen LogP contribution in [-0.2, 0) is 22.6 Å². The fraction of sp³-hybridized carbons (Fsp3) is 0.556. The number of nitrogens with two attached hydrogens (primary N) is 1. The molecule has 0 spiro atoms. The molecule has 0 aliphatic carbocycles. The monoisotopic (exact) mass is 345 g/mol. The number of fused-ring (bicyclic) bond motifs is 1. The van der Waals surface area contributed by atoms with Gasteiger partial charge in [0.15, 0.2) is 0 Å². The van der Waals surface area contributed by atoms with Gasteiger partial charge < -0.3 is 19.7 Å². The van der Waals surface area contributed by atoms with Gasteiger partial charge in [0.2, 0.25) is 0 Å². The van der Waals surface area contributed by atoms with E-state index in [4.69, 9.17) is 9.47 Å². The van der Waals surface area contributed by atoms with Gasteiger partial charge in [0.25, 0.3) is 0 Å². The molecule has 3 heterocycles. The molecule has 3 N–H and O–H groups in total. The highest BCUT2D eigenvalue weighted by Crippen LogP contribution is 2.32. The van der Waals surface area contributed by atoms with Gasteiger partial charge in [-0.1, -0.05) is 35.5 Å². The van der Waals surface area contributed by atoms with Crippen molar-refractivity contribution < 1.29 is 19.7 Å². The van der Waals surface area contributed by atoms with Gasteiger partial charge in [-0.15, -0.1) is 5.10 Å². The van der Waals surface area contributed by atoms with Crippen molar-refractivity contribution in [2.24, 2.45) is 0 Å². The smallest absolute Gasteiger partial charge is 0.140 e. The van der Waals surface area contributed by atoms with E-state index in [2.05, 4.69) is 54.0 Å². The van der Waals surface area contributed by atoms with Crippen molar-refractivity contribution in [3.05, 3.63) is 47.8 Å². The topological polar surface area (TPSA) is 70.2 Å². The van der Waals surface area contributed by atoms with Crippen LogP contribution in [0.25, 0.3) is 0 Å². The Bertz CT molecular complexity index is 690. The van der Waals surface area contributed by atoms with Crippen LogP contribution in [0.3, 0.4) is 0 Å². The van der Waals surface area contributed by atoms with Crippen molar-refractivity contribution in [2.45, 2.75) is 37.4 Å². The third-order valence-corrected chi connectivity index (χ3v) is 5.00.